The van der Waals surface area contributed by atoms with Crippen LogP contribution in [0.1, 0.15) is 5.56 Å². The number of hydrogen-bond acceptors (Lipinski definition) is 4. The SMILES string of the molecule is CNCc1ccc(-c2cccs2)c(NSc2ccccc2)c1. The van der Waals surface area contributed by atoms with Crippen molar-refractivity contribution in [3.05, 3.63) is 71.6 Å². The predicted octanol–water partition coefficient (Wildman–Crippen LogP) is 5.25. The minimum Gasteiger partial charge on any atom is -0.325 e. The van der Waals surface area contributed by atoms with E-state index in [1.807, 2.05) is 13.1 Å². The van der Waals surface area contributed by atoms with Crippen molar-refractivity contribution in [2.45, 2.75) is 11.4 Å². The van der Waals surface area contributed by atoms with E-state index in [1.54, 1.807) is 23.3 Å². The van der Waals surface area contributed by atoms with E-state index >= 15 is 0 Å². The second-order valence-electron chi connectivity index (χ2n) is 4.90. The highest BCUT2D eigenvalue weighted by Crippen LogP contribution is 2.34. The molecule has 0 radical (unpaired) electrons. The molecule has 0 spiro atoms. The fraction of sp³-hybridized carbons (Fsp3) is 0.111. The van der Waals surface area contributed by atoms with Gasteiger partial charge in [0.2, 0.25) is 0 Å². The van der Waals surface area contributed by atoms with Gasteiger partial charge in [-0.2, -0.15) is 0 Å². The maximum absolute atomic E-state index is 3.51. The molecular weight excluding hydrogens is 308 g/mol. The molecule has 0 unspecified atom stereocenters. The van der Waals surface area contributed by atoms with Gasteiger partial charge in [-0.25, -0.2) is 0 Å². The highest BCUT2D eigenvalue weighted by atomic mass is 32.2. The van der Waals surface area contributed by atoms with Crippen LogP contribution in [0.25, 0.3) is 10.4 Å². The summed E-state index contributed by atoms with van der Waals surface area (Å²) in [6.45, 7) is 0.870. The number of rotatable bonds is 6. The Hall–Kier alpha value is -1.75. The highest BCUT2D eigenvalue weighted by Gasteiger charge is 2.08. The molecule has 3 aromatic rings. The first-order chi connectivity index (χ1) is 10.9. The van der Waals surface area contributed by atoms with E-state index in [9.17, 15) is 0 Å². The zero-order valence-corrected chi connectivity index (χ0v) is 14.0. The fourth-order valence-electron chi connectivity index (χ4n) is 2.24. The van der Waals surface area contributed by atoms with Crippen LogP contribution in [0.5, 0.6) is 0 Å². The average molecular weight is 326 g/mol. The molecule has 1 heterocycles. The summed E-state index contributed by atoms with van der Waals surface area (Å²) in [4.78, 5) is 2.49. The topological polar surface area (TPSA) is 24.1 Å². The van der Waals surface area contributed by atoms with E-state index in [-0.39, 0.29) is 0 Å². The predicted molar refractivity (Wildman–Crippen MR) is 98.4 cm³/mol. The van der Waals surface area contributed by atoms with E-state index < -0.39 is 0 Å². The molecular formula is C18H18N2S2. The lowest BCUT2D eigenvalue weighted by molar-refractivity contribution is 0.818. The standard InChI is InChI=1S/C18H18N2S2/c1-19-13-14-9-10-16(18-8-5-11-21-18)17(12-14)20-22-15-6-3-2-4-7-15/h2-12,19-20H,13H2,1H3. The molecule has 2 nitrogen and oxygen atoms in total. The number of thiophene rings is 1. The minimum absolute atomic E-state index is 0.870. The van der Waals surface area contributed by atoms with Crippen LogP contribution >= 0.6 is 23.3 Å². The summed E-state index contributed by atoms with van der Waals surface area (Å²) in [7, 11) is 1.97. The van der Waals surface area contributed by atoms with Gasteiger partial charge in [-0.1, -0.05) is 36.4 Å². The number of benzene rings is 2. The Morgan fingerprint density at radius 2 is 1.86 bits per heavy atom. The minimum atomic E-state index is 0.870. The van der Waals surface area contributed by atoms with E-state index in [2.05, 4.69) is 70.0 Å². The van der Waals surface area contributed by atoms with Gasteiger partial charge in [0, 0.05) is 21.9 Å². The first-order valence-corrected chi connectivity index (χ1v) is 8.86. The Balaban J connectivity index is 1.87. The molecule has 2 N–H and O–H groups in total. The summed E-state index contributed by atoms with van der Waals surface area (Å²) in [5, 5.41) is 5.32. The zero-order valence-electron chi connectivity index (χ0n) is 12.4. The van der Waals surface area contributed by atoms with Gasteiger partial charge in [0.25, 0.3) is 0 Å². The summed E-state index contributed by atoms with van der Waals surface area (Å²) in [6, 6.07) is 21.2. The van der Waals surface area contributed by atoms with Crippen LogP contribution in [-0.4, -0.2) is 7.05 Å². The Kier molecular flexibility index (Phi) is 5.16. The van der Waals surface area contributed by atoms with Crippen LogP contribution in [0.4, 0.5) is 5.69 Å². The van der Waals surface area contributed by atoms with Crippen molar-refractivity contribution in [3.8, 4) is 10.4 Å². The van der Waals surface area contributed by atoms with Gasteiger partial charge < -0.3 is 10.0 Å². The van der Waals surface area contributed by atoms with Gasteiger partial charge in [0.15, 0.2) is 0 Å². The number of nitrogens with one attached hydrogen (secondary N) is 2. The zero-order chi connectivity index (χ0) is 15.2. The Morgan fingerprint density at radius 1 is 1.00 bits per heavy atom. The van der Waals surface area contributed by atoms with Crippen molar-refractivity contribution >= 4 is 29.0 Å². The van der Waals surface area contributed by atoms with Crippen LogP contribution < -0.4 is 10.0 Å². The number of anilines is 1. The lowest BCUT2D eigenvalue weighted by Crippen LogP contribution is -2.05. The van der Waals surface area contributed by atoms with Crippen molar-refractivity contribution < 1.29 is 0 Å². The molecule has 22 heavy (non-hydrogen) atoms. The molecule has 0 aliphatic carbocycles. The summed E-state index contributed by atoms with van der Waals surface area (Å²) < 4.78 is 3.51. The summed E-state index contributed by atoms with van der Waals surface area (Å²) in [5.41, 5.74) is 3.68. The summed E-state index contributed by atoms with van der Waals surface area (Å²) >= 11 is 3.41. The molecule has 0 fully saturated rings. The molecule has 4 heteroatoms. The van der Waals surface area contributed by atoms with Gasteiger partial charge >= 0.3 is 0 Å². The van der Waals surface area contributed by atoms with Crippen LogP contribution in [0.15, 0.2) is 70.9 Å². The van der Waals surface area contributed by atoms with Crippen molar-refractivity contribution in [2.75, 3.05) is 11.8 Å². The molecule has 0 aliphatic heterocycles. The molecule has 3 rings (SSSR count). The van der Waals surface area contributed by atoms with Crippen LogP contribution in [-0.2, 0) is 6.54 Å². The van der Waals surface area contributed by atoms with Gasteiger partial charge in [0.1, 0.15) is 0 Å². The quantitative estimate of drug-likeness (QED) is 0.605. The van der Waals surface area contributed by atoms with E-state index in [0.29, 0.717) is 0 Å². The third-order valence-corrected chi connectivity index (χ3v) is 5.01. The van der Waals surface area contributed by atoms with E-state index in [4.69, 9.17) is 0 Å². The molecule has 0 atom stereocenters. The van der Waals surface area contributed by atoms with Crippen LogP contribution in [0.2, 0.25) is 0 Å². The first kappa shape index (κ1) is 15.2. The maximum Gasteiger partial charge on any atom is 0.0533 e. The largest absolute Gasteiger partial charge is 0.325 e. The normalized spacial score (nSPS) is 10.6. The van der Waals surface area contributed by atoms with Gasteiger partial charge in [-0.05, 0) is 54.2 Å². The van der Waals surface area contributed by atoms with E-state index in [1.165, 1.54) is 20.9 Å². The molecule has 0 bridgehead atoms. The Labute approximate surface area is 139 Å². The fourth-order valence-corrected chi connectivity index (χ4v) is 3.69. The third-order valence-electron chi connectivity index (χ3n) is 3.27. The third kappa shape index (κ3) is 3.71. The van der Waals surface area contributed by atoms with Crippen molar-refractivity contribution in [2.24, 2.45) is 0 Å². The van der Waals surface area contributed by atoms with Crippen molar-refractivity contribution in [1.29, 1.82) is 0 Å². The molecule has 0 saturated carbocycles. The van der Waals surface area contributed by atoms with Gasteiger partial charge in [0.05, 0.1) is 5.69 Å². The van der Waals surface area contributed by atoms with Gasteiger partial charge in [-0.15, -0.1) is 11.3 Å². The molecule has 0 saturated heterocycles. The average Bonchev–Trinajstić information content (AvgIpc) is 3.09. The van der Waals surface area contributed by atoms with E-state index in [0.717, 1.165) is 12.2 Å². The molecule has 1 aromatic heterocycles. The Morgan fingerprint density at radius 3 is 2.59 bits per heavy atom. The first-order valence-electron chi connectivity index (χ1n) is 7.16. The smallest absolute Gasteiger partial charge is 0.0533 e. The monoisotopic (exact) mass is 326 g/mol. The second kappa shape index (κ2) is 7.49. The van der Waals surface area contributed by atoms with Crippen molar-refractivity contribution in [3.63, 3.8) is 0 Å². The number of hydrogen-bond donors (Lipinski definition) is 2. The van der Waals surface area contributed by atoms with Gasteiger partial charge in [-0.3, -0.25) is 0 Å². The lowest BCUT2D eigenvalue weighted by Gasteiger charge is -2.12. The maximum atomic E-state index is 3.51. The van der Waals surface area contributed by atoms with Crippen LogP contribution in [0.3, 0.4) is 0 Å². The summed E-state index contributed by atoms with van der Waals surface area (Å²) in [5.74, 6) is 0. The lowest BCUT2D eigenvalue weighted by atomic mass is 10.1. The molecule has 0 amide bonds. The molecule has 2 aromatic carbocycles. The highest BCUT2D eigenvalue weighted by molar-refractivity contribution is 8.00. The Bertz CT molecular complexity index is 709. The van der Waals surface area contributed by atoms with Crippen molar-refractivity contribution in [1.82, 2.24) is 5.32 Å². The molecule has 0 aliphatic rings. The molecule has 112 valence electrons. The van der Waals surface area contributed by atoms with Crippen LogP contribution in [0, 0.1) is 0 Å². The summed E-state index contributed by atoms with van der Waals surface area (Å²) in [6.07, 6.45) is 0. The second-order valence-corrected chi connectivity index (χ2v) is 6.73.